The van der Waals surface area contributed by atoms with E-state index in [0.717, 1.165) is 0 Å². The molecule has 0 spiro atoms. The molecule has 104 valence electrons. The first-order valence-electron chi connectivity index (χ1n) is 5.76. The molecule has 2 rings (SSSR count). The molecular weight excluding hydrogens is 263 g/mol. The van der Waals surface area contributed by atoms with Crippen molar-refractivity contribution in [2.24, 2.45) is 5.92 Å². The van der Waals surface area contributed by atoms with Gasteiger partial charge in [0.15, 0.2) is 5.82 Å². The molecule has 19 heavy (non-hydrogen) atoms. The molecule has 0 unspecified atom stereocenters. The summed E-state index contributed by atoms with van der Waals surface area (Å²) in [6, 6.07) is 1.29. The maximum Gasteiger partial charge on any atom is 0.391 e. The average Bonchev–Trinajstić information content (AvgIpc) is 2.38. The highest BCUT2D eigenvalue weighted by molar-refractivity contribution is 5.93. The highest BCUT2D eigenvalue weighted by Gasteiger charge is 2.41. The molecule has 1 aromatic rings. The van der Waals surface area contributed by atoms with Crippen LogP contribution in [-0.4, -0.2) is 40.5 Å². The van der Waals surface area contributed by atoms with Crippen LogP contribution in [0.4, 0.5) is 19.0 Å². The minimum atomic E-state index is -4.19. The Morgan fingerprint density at radius 1 is 1.37 bits per heavy atom. The van der Waals surface area contributed by atoms with Gasteiger partial charge in [-0.3, -0.25) is 0 Å². The Morgan fingerprint density at radius 3 is 2.53 bits per heavy atom. The molecule has 0 radical (unpaired) electrons. The zero-order valence-corrected chi connectivity index (χ0v) is 9.89. The summed E-state index contributed by atoms with van der Waals surface area (Å²) in [5.41, 5.74) is -0.0412. The fraction of sp³-hybridized carbons (Fsp3) is 0.545. The number of aromatic nitrogens is 2. The summed E-state index contributed by atoms with van der Waals surface area (Å²) < 4.78 is 37.6. The van der Waals surface area contributed by atoms with Crippen LogP contribution in [0, 0.1) is 5.92 Å². The molecule has 0 saturated carbocycles. The van der Waals surface area contributed by atoms with Crippen LogP contribution < -0.4 is 4.90 Å². The van der Waals surface area contributed by atoms with E-state index in [1.807, 2.05) is 0 Å². The van der Waals surface area contributed by atoms with Crippen molar-refractivity contribution in [1.82, 2.24) is 10.2 Å². The van der Waals surface area contributed by atoms with Gasteiger partial charge in [-0.1, -0.05) is 0 Å². The Balaban J connectivity index is 2.12. The largest absolute Gasteiger partial charge is 0.478 e. The van der Waals surface area contributed by atoms with Crippen LogP contribution in [0.1, 0.15) is 23.2 Å². The molecule has 1 aliphatic rings. The lowest BCUT2D eigenvalue weighted by Crippen LogP contribution is -2.40. The fourth-order valence-electron chi connectivity index (χ4n) is 2.14. The van der Waals surface area contributed by atoms with Crippen molar-refractivity contribution in [3.05, 3.63) is 17.8 Å². The molecule has 5 nitrogen and oxygen atoms in total. The minimum absolute atomic E-state index is 0.0412. The first-order valence-corrected chi connectivity index (χ1v) is 5.76. The van der Waals surface area contributed by atoms with E-state index in [1.54, 1.807) is 4.90 Å². The zero-order chi connectivity index (χ0) is 14.0. The number of carboxylic acid groups (broad SMARTS) is 1. The van der Waals surface area contributed by atoms with Gasteiger partial charge in [-0.2, -0.15) is 18.3 Å². The van der Waals surface area contributed by atoms with E-state index in [1.165, 1.54) is 12.3 Å². The number of carbonyl (C=O) groups is 1. The number of aromatic carboxylic acids is 1. The van der Waals surface area contributed by atoms with Crippen molar-refractivity contribution in [2.45, 2.75) is 19.0 Å². The topological polar surface area (TPSA) is 66.3 Å². The standard InChI is InChI=1S/C11H12F3N3O2/c12-11(13,14)7-2-5-17(6-3-7)9-8(10(18)19)1-4-15-16-9/h1,4,7H,2-3,5-6H2,(H,18,19). The van der Waals surface area contributed by atoms with Gasteiger partial charge in [-0.05, 0) is 18.9 Å². The Hall–Kier alpha value is -1.86. The van der Waals surface area contributed by atoms with Crippen LogP contribution in [0.3, 0.4) is 0 Å². The highest BCUT2D eigenvalue weighted by Crippen LogP contribution is 2.35. The molecule has 1 aromatic heterocycles. The molecular formula is C11H12F3N3O2. The minimum Gasteiger partial charge on any atom is -0.478 e. The van der Waals surface area contributed by atoms with Crippen molar-refractivity contribution in [3.8, 4) is 0 Å². The van der Waals surface area contributed by atoms with Gasteiger partial charge in [-0.25, -0.2) is 4.79 Å². The molecule has 0 bridgehead atoms. The van der Waals surface area contributed by atoms with Crippen molar-refractivity contribution in [2.75, 3.05) is 18.0 Å². The molecule has 1 N–H and O–H groups in total. The number of alkyl halides is 3. The Kier molecular flexibility index (Phi) is 3.59. The number of hydrogen-bond acceptors (Lipinski definition) is 4. The Bertz CT molecular complexity index is 470. The number of piperidine rings is 1. The van der Waals surface area contributed by atoms with Gasteiger partial charge < -0.3 is 10.0 Å². The third-order valence-corrected chi connectivity index (χ3v) is 3.19. The predicted octanol–water partition coefficient (Wildman–Crippen LogP) is 1.95. The Labute approximate surface area is 107 Å². The van der Waals surface area contributed by atoms with Gasteiger partial charge in [0.1, 0.15) is 5.56 Å². The van der Waals surface area contributed by atoms with Crippen molar-refractivity contribution in [3.63, 3.8) is 0 Å². The number of rotatable bonds is 2. The lowest BCUT2D eigenvalue weighted by atomic mass is 9.96. The molecule has 1 aliphatic heterocycles. The van der Waals surface area contributed by atoms with Crippen molar-refractivity contribution in [1.29, 1.82) is 0 Å². The van der Waals surface area contributed by atoms with E-state index >= 15 is 0 Å². The second-order valence-electron chi connectivity index (χ2n) is 4.38. The van der Waals surface area contributed by atoms with E-state index in [-0.39, 0.29) is 37.3 Å². The molecule has 1 fully saturated rings. The normalized spacial score (nSPS) is 17.5. The van der Waals surface area contributed by atoms with Crippen molar-refractivity contribution >= 4 is 11.8 Å². The van der Waals surface area contributed by atoms with E-state index in [0.29, 0.717) is 0 Å². The first kappa shape index (κ1) is 13.6. The molecule has 0 aromatic carbocycles. The molecule has 2 heterocycles. The van der Waals surface area contributed by atoms with Crippen LogP contribution in [0.2, 0.25) is 0 Å². The molecule has 8 heteroatoms. The third kappa shape index (κ3) is 2.94. The smallest absolute Gasteiger partial charge is 0.391 e. The van der Waals surface area contributed by atoms with Gasteiger partial charge in [0.05, 0.1) is 12.1 Å². The summed E-state index contributed by atoms with van der Waals surface area (Å²) in [4.78, 5) is 12.6. The van der Waals surface area contributed by atoms with Gasteiger partial charge >= 0.3 is 12.1 Å². The lowest BCUT2D eigenvalue weighted by molar-refractivity contribution is -0.179. The van der Waals surface area contributed by atoms with Gasteiger partial charge in [-0.15, -0.1) is 5.10 Å². The van der Waals surface area contributed by atoms with Crippen LogP contribution in [0.15, 0.2) is 12.3 Å². The maximum absolute atomic E-state index is 12.5. The molecule has 0 amide bonds. The summed E-state index contributed by atoms with van der Waals surface area (Å²) in [5.74, 6) is -2.35. The summed E-state index contributed by atoms with van der Waals surface area (Å²) in [7, 11) is 0. The summed E-state index contributed by atoms with van der Waals surface area (Å²) >= 11 is 0. The molecule has 0 atom stereocenters. The predicted molar refractivity (Wildman–Crippen MR) is 60.0 cm³/mol. The Morgan fingerprint density at radius 2 is 2.00 bits per heavy atom. The summed E-state index contributed by atoms with van der Waals surface area (Å²) in [5, 5.41) is 16.3. The molecule has 1 saturated heterocycles. The zero-order valence-electron chi connectivity index (χ0n) is 9.89. The second-order valence-corrected chi connectivity index (χ2v) is 4.38. The van der Waals surface area contributed by atoms with E-state index in [4.69, 9.17) is 5.11 Å². The van der Waals surface area contributed by atoms with E-state index < -0.39 is 18.1 Å². The third-order valence-electron chi connectivity index (χ3n) is 3.19. The van der Waals surface area contributed by atoms with Crippen LogP contribution >= 0.6 is 0 Å². The number of halogens is 3. The maximum atomic E-state index is 12.5. The summed E-state index contributed by atoms with van der Waals surface area (Å²) in [6.07, 6.45) is -3.06. The summed E-state index contributed by atoms with van der Waals surface area (Å²) in [6.45, 7) is 0.256. The number of hydrogen-bond donors (Lipinski definition) is 1. The highest BCUT2D eigenvalue weighted by atomic mass is 19.4. The van der Waals surface area contributed by atoms with Crippen LogP contribution in [0.25, 0.3) is 0 Å². The van der Waals surface area contributed by atoms with E-state index in [2.05, 4.69) is 10.2 Å². The van der Waals surface area contributed by atoms with Crippen LogP contribution in [-0.2, 0) is 0 Å². The number of anilines is 1. The number of nitrogens with zero attached hydrogens (tertiary/aromatic N) is 3. The quantitative estimate of drug-likeness (QED) is 0.893. The lowest BCUT2D eigenvalue weighted by Gasteiger charge is -2.33. The first-order chi connectivity index (χ1) is 8.89. The van der Waals surface area contributed by atoms with Gasteiger partial charge in [0.2, 0.25) is 0 Å². The van der Waals surface area contributed by atoms with Gasteiger partial charge in [0.25, 0.3) is 0 Å². The SMILES string of the molecule is O=C(O)c1ccnnc1N1CCC(C(F)(F)F)CC1. The van der Waals surface area contributed by atoms with E-state index in [9.17, 15) is 18.0 Å². The fourth-order valence-corrected chi connectivity index (χ4v) is 2.14. The second kappa shape index (κ2) is 5.02. The molecule has 0 aliphatic carbocycles. The van der Waals surface area contributed by atoms with Gasteiger partial charge in [0, 0.05) is 13.1 Å². The van der Waals surface area contributed by atoms with Crippen LogP contribution in [0.5, 0.6) is 0 Å². The van der Waals surface area contributed by atoms with Crippen molar-refractivity contribution < 1.29 is 23.1 Å². The average molecular weight is 275 g/mol. The monoisotopic (exact) mass is 275 g/mol. The number of carboxylic acids is 1.